The molecule has 0 spiro atoms. The first-order valence-electron chi connectivity index (χ1n) is 1.94. The van der Waals surface area contributed by atoms with Crippen LogP contribution in [-0.2, 0) is 4.79 Å². The van der Waals surface area contributed by atoms with E-state index in [4.69, 9.17) is 0 Å². The Hall–Kier alpha value is -0.930. The van der Waals surface area contributed by atoms with Crippen LogP contribution in [0.5, 0.6) is 0 Å². The van der Waals surface area contributed by atoms with E-state index in [1.165, 1.54) is 5.01 Å². The number of hydrogen-bond acceptors (Lipinski definition) is 3. The fourth-order valence-electron chi connectivity index (χ4n) is 0.385. The fraction of sp³-hybridized carbons (Fsp3) is 0.667. The molecule has 1 amide bonds. The molecule has 0 aromatic carbocycles. The van der Waals surface area contributed by atoms with Gasteiger partial charge in [0.25, 0.3) is 5.91 Å². The molecule has 0 saturated carbocycles. The van der Waals surface area contributed by atoms with Crippen molar-refractivity contribution in [2.45, 2.75) is 0 Å². The van der Waals surface area contributed by atoms with Gasteiger partial charge in [0.05, 0.1) is 0 Å². The minimum absolute atomic E-state index is 0.164. The third-order valence-electron chi connectivity index (χ3n) is 0.673. The Morgan fingerprint density at radius 3 is 2.71 bits per heavy atom. The third kappa shape index (κ3) is 0.734. The van der Waals surface area contributed by atoms with Crippen molar-refractivity contribution in [2.24, 2.45) is 10.3 Å². The average Bonchev–Trinajstić information content (AvgIpc) is 1.87. The molecule has 1 rings (SSSR count). The maximum atomic E-state index is 10.2. The predicted molar refractivity (Wildman–Crippen MR) is 22.5 cm³/mol. The molecule has 7 heavy (non-hydrogen) atoms. The van der Waals surface area contributed by atoms with Crippen molar-refractivity contribution in [2.75, 3.05) is 13.6 Å². The summed E-state index contributed by atoms with van der Waals surface area (Å²) >= 11 is 0. The smallest absolute Gasteiger partial charge is 0.272 e. The number of carbonyl (C=O) groups excluding carboxylic acids is 1. The highest BCUT2D eigenvalue weighted by molar-refractivity contribution is 5.79. The normalized spacial score (nSPS) is 19.0. The Morgan fingerprint density at radius 2 is 2.57 bits per heavy atom. The Labute approximate surface area is 40.8 Å². The van der Waals surface area contributed by atoms with E-state index >= 15 is 0 Å². The molecule has 0 atom stereocenters. The highest BCUT2D eigenvalue weighted by atomic mass is 16.2. The summed E-state index contributed by atoms with van der Waals surface area (Å²) in [6.07, 6.45) is 0. The second-order valence-corrected chi connectivity index (χ2v) is 1.40. The Morgan fingerprint density at radius 1 is 1.86 bits per heavy atom. The van der Waals surface area contributed by atoms with Crippen molar-refractivity contribution >= 4 is 5.91 Å². The van der Waals surface area contributed by atoms with Crippen LogP contribution in [0, 0.1) is 0 Å². The van der Waals surface area contributed by atoms with Gasteiger partial charge in [-0.15, -0.1) is 0 Å². The van der Waals surface area contributed by atoms with Gasteiger partial charge >= 0.3 is 0 Å². The van der Waals surface area contributed by atoms with E-state index in [2.05, 4.69) is 10.3 Å². The minimum Gasteiger partial charge on any atom is -0.272 e. The molecule has 0 radical (unpaired) electrons. The molecule has 1 heterocycles. The summed E-state index contributed by atoms with van der Waals surface area (Å²) in [6.45, 7) is 0.333. The lowest BCUT2D eigenvalue weighted by molar-refractivity contribution is -0.116. The summed E-state index contributed by atoms with van der Waals surface area (Å²) < 4.78 is 0. The standard InChI is InChI=1S/C3H5N3O/c1-6-2-3(7)4-5-6/h2H2,1H3. The zero-order valence-corrected chi connectivity index (χ0v) is 3.96. The number of nitrogens with zero attached hydrogens (tertiary/aromatic N) is 3. The quantitative estimate of drug-likeness (QED) is 0.423. The summed E-state index contributed by atoms with van der Waals surface area (Å²) in [5.74, 6) is -0.164. The lowest BCUT2D eigenvalue weighted by Gasteiger charge is -1.95. The minimum atomic E-state index is -0.164. The van der Waals surface area contributed by atoms with Crippen molar-refractivity contribution in [3.63, 3.8) is 0 Å². The molecule has 38 valence electrons. The zero-order chi connectivity index (χ0) is 5.28. The summed E-state index contributed by atoms with van der Waals surface area (Å²) in [6, 6.07) is 0. The van der Waals surface area contributed by atoms with E-state index in [1.54, 1.807) is 7.05 Å². The first-order chi connectivity index (χ1) is 3.29. The van der Waals surface area contributed by atoms with Gasteiger partial charge in [-0.3, -0.25) is 9.80 Å². The lowest BCUT2D eigenvalue weighted by atomic mass is 10.6. The topological polar surface area (TPSA) is 45.0 Å². The molecule has 0 bridgehead atoms. The average molecular weight is 99.1 g/mol. The molecule has 0 N–H and O–H groups in total. The van der Waals surface area contributed by atoms with Crippen LogP contribution in [0.2, 0.25) is 0 Å². The zero-order valence-electron chi connectivity index (χ0n) is 3.96. The molecule has 0 saturated heterocycles. The first-order valence-corrected chi connectivity index (χ1v) is 1.94. The molecule has 0 fully saturated rings. The van der Waals surface area contributed by atoms with Gasteiger partial charge in [0.15, 0.2) is 0 Å². The van der Waals surface area contributed by atoms with Crippen LogP contribution in [0.3, 0.4) is 0 Å². The van der Waals surface area contributed by atoms with Gasteiger partial charge in [0.2, 0.25) is 0 Å². The van der Waals surface area contributed by atoms with Crippen LogP contribution in [0.1, 0.15) is 0 Å². The number of hydrogen-bond donors (Lipinski definition) is 0. The Bertz CT molecular complexity index is 119. The number of likely N-dealkylation sites (N-methyl/N-ethyl adjacent to an activating group) is 1. The first kappa shape index (κ1) is 4.23. The molecule has 4 nitrogen and oxygen atoms in total. The van der Waals surface area contributed by atoms with Crippen LogP contribution >= 0.6 is 0 Å². The maximum Gasteiger partial charge on any atom is 0.287 e. The van der Waals surface area contributed by atoms with Crippen LogP contribution < -0.4 is 0 Å². The van der Waals surface area contributed by atoms with Crippen LogP contribution in [0.15, 0.2) is 10.3 Å². The highest BCUT2D eigenvalue weighted by Crippen LogP contribution is 1.95. The maximum absolute atomic E-state index is 10.2. The van der Waals surface area contributed by atoms with Crippen molar-refractivity contribution in [3.05, 3.63) is 0 Å². The molecule has 0 aliphatic carbocycles. The number of carbonyl (C=O) groups is 1. The van der Waals surface area contributed by atoms with Crippen LogP contribution in [-0.4, -0.2) is 24.5 Å². The van der Waals surface area contributed by atoms with Gasteiger partial charge in [-0.25, -0.2) is 0 Å². The van der Waals surface area contributed by atoms with Crippen LogP contribution in [0.4, 0.5) is 0 Å². The third-order valence-corrected chi connectivity index (χ3v) is 0.673. The van der Waals surface area contributed by atoms with Gasteiger partial charge < -0.3 is 0 Å². The van der Waals surface area contributed by atoms with Gasteiger partial charge in [-0.2, -0.15) is 0 Å². The molecular formula is C3H5N3O. The second-order valence-electron chi connectivity index (χ2n) is 1.40. The Kier molecular flexibility index (Phi) is 0.780. The van der Waals surface area contributed by atoms with E-state index in [1.807, 2.05) is 0 Å². The molecule has 0 aromatic heterocycles. The molecular weight excluding hydrogens is 94.1 g/mol. The second kappa shape index (κ2) is 1.29. The van der Waals surface area contributed by atoms with E-state index in [0.29, 0.717) is 6.54 Å². The van der Waals surface area contributed by atoms with Crippen molar-refractivity contribution in [1.82, 2.24) is 5.01 Å². The largest absolute Gasteiger partial charge is 0.287 e. The molecule has 4 heteroatoms. The monoisotopic (exact) mass is 99.0 g/mol. The lowest BCUT2D eigenvalue weighted by Crippen LogP contribution is -2.10. The number of rotatable bonds is 0. The van der Waals surface area contributed by atoms with E-state index in [-0.39, 0.29) is 5.91 Å². The van der Waals surface area contributed by atoms with E-state index in [0.717, 1.165) is 0 Å². The predicted octanol–water partition coefficient (Wildman–Crippen LogP) is -0.174. The van der Waals surface area contributed by atoms with E-state index < -0.39 is 0 Å². The summed E-state index contributed by atoms with van der Waals surface area (Å²) in [7, 11) is 1.70. The van der Waals surface area contributed by atoms with E-state index in [9.17, 15) is 4.79 Å². The number of amides is 1. The summed E-state index contributed by atoms with van der Waals surface area (Å²) in [5.41, 5.74) is 0. The summed E-state index contributed by atoms with van der Waals surface area (Å²) in [4.78, 5) is 10.2. The van der Waals surface area contributed by atoms with Gasteiger partial charge in [-0.05, 0) is 0 Å². The van der Waals surface area contributed by atoms with Gasteiger partial charge in [-0.1, -0.05) is 10.3 Å². The van der Waals surface area contributed by atoms with Gasteiger partial charge in [0.1, 0.15) is 6.54 Å². The highest BCUT2D eigenvalue weighted by Gasteiger charge is 2.08. The molecule has 0 aromatic rings. The van der Waals surface area contributed by atoms with Gasteiger partial charge in [0, 0.05) is 7.05 Å². The Balaban J connectivity index is 2.58. The van der Waals surface area contributed by atoms with Crippen molar-refractivity contribution in [1.29, 1.82) is 0 Å². The molecule has 1 aliphatic heterocycles. The van der Waals surface area contributed by atoms with Crippen molar-refractivity contribution in [3.8, 4) is 0 Å². The molecule has 0 unspecified atom stereocenters. The fourth-order valence-corrected chi connectivity index (χ4v) is 0.385. The summed E-state index contributed by atoms with van der Waals surface area (Å²) in [5, 5.41) is 8.14. The molecule has 1 aliphatic rings. The van der Waals surface area contributed by atoms with Crippen molar-refractivity contribution < 1.29 is 4.79 Å². The SMILES string of the molecule is CN1CC(=O)N=N1. The van der Waals surface area contributed by atoms with Crippen LogP contribution in [0.25, 0.3) is 0 Å².